The Morgan fingerprint density at radius 2 is 1.42 bits per heavy atom. The zero-order chi connectivity index (χ0) is 23.2. The van der Waals surface area contributed by atoms with Crippen LogP contribution in [0.5, 0.6) is 0 Å². The van der Waals surface area contributed by atoms with Gasteiger partial charge in [0.05, 0.1) is 26.9 Å². The van der Waals surface area contributed by atoms with Crippen LogP contribution in [-0.4, -0.2) is 18.8 Å². The molecule has 0 spiro atoms. The third-order valence-corrected chi connectivity index (χ3v) is 7.78. The van der Waals surface area contributed by atoms with E-state index in [1.54, 1.807) is 0 Å². The van der Waals surface area contributed by atoms with E-state index in [1.165, 1.54) is 0 Å². The Balaban J connectivity index is 1.84. The fourth-order valence-corrected chi connectivity index (χ4v) is 5.58. The van der Waals surface area contributed by atoms with Gasteiger partial charge in [-0.3, -0.25) is 0 Å². The van der Waals surface area contributed by atoms with Gasteiger partial charge >= 0.3 is 12.4 Å². The molecule has 31 heavy (non-hydrogen) atoms. The monoisotopic (exact) mass is 470 g/mol. The topological polar surface area (TPSA) is 54.4 Å². The first-order chi connectivity index (χ1) is 14.1. The van der Waals surface area contributed by atoms with Crippen molar-refractivity contribution in [1.29, 1.82) is 0 Å². The van der Waals surface area contributed by atoms with Crippen molar-refractivity contribution in [3.8, 4) is 0 Å². The number of rotatable bonds is 3. The molecule has 1 N–H and O–H groups in total. The SMILES string of the molecule is O=S(=O)(c1ccc(C(F)(F)F)cc1)C1CCC(O)(c2cc(F)ccc2C(F)(F)F)CC1. The van der Waals surface area contributed by atoms with Crippen molar-refractivity contribution in [2.75, 3.05) is 0 Å². The molecule has 2 aromatic rings. The Morgan fingerprint density at radius 3 is 1.90 bits per heavy atom. The summed E-state index contributed by atoms with van der Waals surface area (Å²) in [6.07, 6.45) is -10.7. The Morgan fingerprint density at radius 1 is 0.871 bits per heavy atom. The Bertz CT molecular complexity index is 1050. The van der Waals surface area contributed by atoms with Gasteiger partial charge in [0.15, 0.2) is 9.84 Å². The molecule has 1 fully saturated rings. The quantitative estimate of drug-likeness (QED) is 0.606. The van der Waals surface area contributed by atoms with Gasteiger partial charge in [-0.2, -0.15) is 26.3 Å². The lowest BCUT2D eigenvalue weighted by Gasteiger charge is -2.37. The molecule has 1 aliphatic rings. The van der Waals surface area contributed by atoms with Crippen molar-refractivity contribution < 1.29 is 44.3 Å². The van der Waals surface area contributed by atoms with Crippen LogP contribution in [0.4, 0.5) is 30.7 Å². The number of benzene rings is 2. The van der Waals surface area contributed by atoms with E-state index >= 15 is 0 Å². The maximum atomic E-state index is 13.6. The van der Waals surface area contributed by atoms with Gasteiger partial charge in [0, 0.05) is 0 Å². The van der Waals surface area contributed by atoms with Crippen LogP contribution < -0.4 is 0 Å². The minimum Gasteiger partial charge on any atom is -0.385 e. The molecule has 11 heteroatoms. The Hall–Kier alpha value is -2.14. The summed E-state index contributed by atoms with van der Waals surface area (Å²) in [6.45, 7) is 0. The number of halogens is 7. The molecular formula is C20H17F7O3S. The molecule has 1 aliphatic carbocycles. The van der Waals surface area contributed by atoms with E-state index in [4.69, 9.17) is 0 Å². The van der Waals surface area contributed by atoms with Gasteiger partial charge in [-0.25, -0.2) is 12.8 Å². The summed E-state index contributed by atoms with van der Waals surface area (Å²) in [5.74, 6) is -0.976. The van der Waals surface area contributed by atoms with Crippen LogP contribution in [0.15, 0.2) is 47.4 Å². The van der Waals surface area contributed by atoms with Crippen molar-refractivity contribution in [3.63, 3.8) is 0 Å². The fraction of sp³-hybridized carbons (Fsp3) is 0.400. The molecule has 0 amide bonds. The third kappa shape index (κ3) is 4.72. The first-order valence-electron chi connectivity index (χ1n) is 9.15. The van der Waals surface area contributed by atoms with E-state index in [9.17, 15) is 44.3 Å². The Labute approximate surface area is 173 Å². The number of aliphatic hydroxyl groups is 1. The number of hydrogen-bond donors (Lipinski definition) is 1. The second-order valence-electron chi connectivity index (χ2n) is 7.49. The van der Waals surface area contributed by atoms with E-state index < -0.39 is 55.5 Å². The minimum absolute atomic E-state index is 0.242. The smallest absolute Gasteiger partial charge is 0.385 e. The second-order valence-corrected chi connectivity index (χ2v) is 9.71. The molecule has 3 nitrogen and oxygen atoms in total. The molecule has 0 radical (unpaired) electrons. The summed E-state index contributed by atoms with van der Waals surface area (Å²) >= 11 is 0. The molecule has 170 valence electrons. The fourth-order valence-electron chi connectivity index (χ4n) is 3.82. The zero-order valence-corrected chi connectivity index (χ0v) is 16.6. The molecule has 2 aromatic carbocycles. The second kappa shape index (κ2) is 7.77. The first kappa shape index (κ1) is 23.5. The van der Waals surface area contributed by atoms with Crippen LogP contribution >= 0.6 is 0 Å². The number of alkyl halides is 6. The van der Waals surface area contributed by atoms with Crippen molar-refractivity contribution in [2.24, 2.45) is 0 Å². The molecule has 1 saturated carbocycles. The minimum atomic E-state index is -4.85. The van der Waals surface area contributed by atoms with Gasteiger partial charge in [-0.05, 0) is 73.7 Å². The lowest BCUT2D eigenvalue weighted by Crippen LogP contribution is -2.38. The summed E-state index contributed by atoms with van der Waals surface area (Å²) < 4.78 is 117. The maximum absolute atomic E-state index is 13.6. The average molecular weight is 470 g/mol. The molecule has 0 aromatic heterocycles. The molecule has 0 heterocycles. The van der Waals surface area contributed by atoms with Gasteiger partial charge in [0.1, 0.15) is 5.82 Å². The highest BCUT2D eigenvalue weighted by molar-refractivity contribution is 7.92. The number of sulfone groups is 1. The zero-order valence-electron chi connectivity index (χ0n) is 15.8. The van der Waals surface area contributed by atoms with Crippen molar-refractivity contribution in [2.45, 2.75) is 53.8 Å². The predicted octanol–water partition coefficient (Wildman–Crippen LogP) is 5.47. The normalized spacial score (nSPS) is 23.0. The Kier molecular flexibility index (Phi) is 5.90. The molecule has 3 rings (SSSR count). The molecule has 0 saturated heterocycles. The molecular weight excluding hydrogens is 453 g/mol. The van der Waals surface area contributed by atoms with Gasteiger partial charge in [0.25, 0.3) is 0 Å². The first-order valence-corrected chi connectivity index (χ1v) is 10.7. The highest BCUT2D eigenvalue weighted by Crippen LogP contribution is 2.45. The highest BCUT2D eigenvalue weighted by atomic mass is 32.2. The van der Waals surface area contributed by atoms with E-state index in [2.05, 4.69) is 0 Å². The van der Waals surface area contributed by atoms with Crippen molar-refractivity contribution >= 4 is 9.84 Å². The van der Waals surface area contributed by atoms with E-state index in [1.807, 2.05) is 0 Å². The summed E-state index contributed by atoms with van der Waals surface area (Å²) in [6, 6.07) is 4.65. The molecule has 0 bridgehead atoms. The van der Waals surface area contributed by atoms with Crippen LogP contribution in [0, 0.1) is 5.82 Å². The van der Waals surface area contributed by atoms with Gasteiger partial charge < -0.3 is 5.11 Å². The summed E-state index contributed by atoms with van der Waals surface area (Å²) in [5, 5.41) is 9.70. The van der Waals surface area contributed by atoms with E-state index in [-0.39, 0.29) is 30.6 Å². The lowest BCUT2D eigenvalue weighted by atomic mass is 9.77. The summed E-state index contributed by atoms with van der Waals surface area (Å²) in [7, 11) is -4.08. The van der Waals surface area contributed by atoms with Crippen LogP contribution in [0.25, 0.3) is 0 Å². The third-order valence-electron chi connectivity index (χ3n) is 5.50. The van der Waals surface area contributed by atoms with Gasteiger partial charge in [-0.15, -0.1) is 0 Å². The van der Waals surface area contributed by atoms with Crippen molar-refractivity contribution in [3.05, 3.63) is 65.0 Å². The van der Waals surface area contributed by atoms with Gasteiger partial charge in [0.2, 0.25) is 0 Å². The predicted molar refractivity (Wildman–Crippen MR) is 96.2 cm³/mol. The van der Waals surface area contributed by atoms with Crippen LogP contribution in [0.1, 0.15) is 42.4 Å². The molecule has 0 unspecified atom stereocenters. The van der Waals surface area contributed by atoms with Crippen molar-refractivity contribution in [1.82, 2.24) is 0 Å². The summed E-state index contributed by atoms with van der Waals surface area (Å²) in [5.41, 5.74) is -4.97. The highest BCUT2D eigenvalue weighted by Gasteiger charge is 2.45. The summed E-state index contributed by atoms with van der Waals surface area (Å²) in [4.78, 5) is -0.349. The van der Waals surface area contributed by atoms with E-state index in [0.717, 1.165) is 12.1 Å². The number of hydrogen-bond acceptors (Lipinski definition) is 3. The molecule has 0 atom stereocenters. The lowest BCUT2D eigenvalue weighted by molar-refractivity contribution is -0.141. The average Bonchev–Trinajstić information content (AvgIpc) is 2.67. The standard InChI is InChI=1S/C20H17F7O3S/c21-13-3-6-16(20(25,26)27)17(11-13)18(28)9-7-15(8-10-18)31(29,30)14-4-1-12(2-5-14)19(22,23)24/h1-6,11,15,28H,7-10H2. The van der Waals surface area contributed by atoms with Crippen LogP contribution in [-0.2, 0) is 27.8 Å². The largest absolute Gasteiger partial charge is 0.416 e. The maximum Gasteiger partial charge on any atom is 0.416 e. The van der Waals surface area contributed by atoms with Crippen LogP contribution in [0.3, 0.4) is 0 Å². The van der Waals surface area contributed by atoms with Gasteiger partial charge in [-0.1, -0.05) is 0 Å². The van der Waals surface area contributed by atoms with Crippen LogP contribution in [0.2, 0.25) is 0 Å². The molecule has 0 aliphatic heterocycles. The van der Waals surface area contributed by atoms with E-state index in [0.29, 0.717) is 30.3 Å².